The Morgan fingerprint density at radius 2 is 1.95 bits per heavy atom. The van der Waals surface area contributed by atoms with Crippen molar-refractivity contribution in [2.24, 2.45) is 0 Å². The highest BCUT2D eigenvalue weighted by atomic mass is 79.9. The molecule has 19 heavy (non-hydrogen) atoms. The first-order chi connectivity index (χ1) is 9.02. The predicted octanol–water partition coefficient (Wildman–Crippen LogP) is 5.07. The van der Waals surface area contributed by atoms with E-state index in [1.54, 1.807) is 12.1 Å². The molecule has 1 heterocycles. The summed E-state index contributed by atoms with van der Waals surface area (Å²) in [5, 5.41) is 9.27. The van der Waals surface area contributed by atoms with Crippen molar-refractivity contribution in [1.29, 1.82) is 5.26 Å². The van der Waals surface area contributed by atoms with Gasteiger partial charge in [-0.15, -0.1) is 11.3 Å². The van der Waals surface area contributed by atoms with Crippen LogP contribution in [0.15, 0.2) is 38.6 Å². The number of nitrogens with zero attached hydrogens (tertiary/aromatic N) is 1. The SMILES string of the molecule is Cc1cc(C(=O)C(C#N)c2ccc(Br)cc2)sc1Br. The number of hydrogen-bond acceptors (Lipinski definition) is 3. The summed E-state index contributed by atoms with van der Waals surface area (Å²) < 4.78 is 1.86. The van der Waals surface area contributed by atoms with E-state index in [4.69, 9.17) is 0 Å². The van der Waals surface area contributed by atoms with Crippen molar-refractivity contribution in [3.63, 3.8) is 0 Å². The molecule has 0 saturated heterocycles. The highest BCUT2D eigenvalue weighted by molar-refractivity contribution is 9.11. The monoisotopic (exact) mass is 397 g/mol. The highest BCUT2D eigenvalue weighted by Gasteiger charge is 2.23. The molecule has 0 radical (unpaired) electrons. The second kappa shape index (κ2) is 6.00. The molecular weight excluding hydrogens is 390 g/mol. The number of rotatable bonds is 3. The molecule has 0 N–H and O–H groups in total. The van der Waals surface area contributed by atoms with Crippen molar-refractivity contribution in [3.8, 4) is 6.07 Å². The summed E-state index contributed by atoms with van der Waals surface area (Å²) >= 11 is 8.11. The minimum atomic E-state index is -0.752. The molecule has 1 aromatic heterocycles. The van der Waals surface area contributed by atoms with Gasteiger partial charge in [0.05, 0.1) is 14.7 Å². The van der Waals surface area contributed by atoms with E-state index in [1.807, 2.05) is 25.1 Å². The smallest absolute Gasteiger partial charge is 0.194 e. The van der Waals surface area contributed by atoms with Crippen LogP contribution in [0.4, 0.5) is 0 Å². The van der Waals surface area contributed by atoms with Gasteiger partial charge in [0.25, 0.3) is 0 Å². The molecule has 2 nitrogen and oxygen atoms in total. The van der Waals surface area contributed by atoms with E-state index in [9.17, 15) is 10.1 Å². The van der Waals surface area contributed by atoms with Crippen molar-refractivity contribution in [2.45, 2.75) is 12.8 Å². The van der Waals surface area contributed by atoms with Gasteiger partial charge >= 0.3 is 0 Å². The lowest BCUT2D eigenvalue weighted by Gasteiger charge is -2.07. The van der Waals surface area contributed by atoms with Gasteiger partial charge in [-0.1, -0.05) is 28.1 Å². The van der Waals surface area contributed by atoms with Crippen LogP contribution in [-0.2, 0) is 0 Å². The normalized spacial score (nSPS) is 11.9. The second-order valence-electron chi connectivity index (χ2n) is 4.05. The first-order valence-electron chi connectivity index (χ1n) is 5.48. The lowest BCUT2D eigenvalue weighted by atomic mass is 9.95. The Hall–Kier alpha value is -0.960. The Kier molecular flexibility index (Phi) is 4.56. The Morgan fingerprint density at radius 3 is 2.42 bits per heavy atom. The summed E-state index contributed by atoms with van der Waals surface area (Å²) in [7, 11) is 0. The number of hydrogen-bond donors (Lipinski definition) is 0. The van der Waals surface area contributed by atoms with E-state index < -0.39 is 5.92 Å². The van der Waals surface area contributed by atoms with Gasteiger partial charge in [0.1, 0.15) is 5.92 Å². The van der Waals surface area contributed by atoms with E-state index in [2.05, 4.69) is 37.9 Å². The molecule has 0 spiro atoms. The van der Waals surface area contributed by atoms with Crippen LogP contribution < -0.4 is 0 Å². The molecule has 1 aromatic carbocycles. The average molecular weight is 399 g/mol. The van der Waals surface area contributed by atoms with Gasteiger partial charge in [-0.25, -0.2) is 0 Å². The van der Waals surface area contributed by atoms with Gasteiger partial charge in [0.2, 0.25) is 0 Å². The van der Waals surface area contributed by atoms with Crippen molar-refractivity contribution in [1.82, 2.24) is 0 Å². The predicted molar refractivity (Wildman–Crippen MR) is 83.6 cm³/mol. The summed E-state index contributed by atoms with van der Waals surface area (Å²) in [5.41, 5.74) is 1.73. The maximum atomic E-state index is 12.4. The zero-order valence-electron chi connectivity index (χ0n) is 9.98. The number of carbonyl (C=O) groups is 1. The summed E-state index contributed by atoms with van der Waals surface area (Å²) in [6, 6.07) is 11.2. The molecular formula is C14H9Br2NOS. The molecule has 96 valence electrons. The first kappa shape index (κ1) is 14.4. The lowest BCUT2D eigenvalue weighted by molar-refractivity contribution is 0.0982. The maximum absolute atomic E-state index is 12.4. The van der Waals surface area contributed by atoms with E-state index in [0.717, 1.165) is 19.4 Å². The minimum absolute atomic E-state index is 0.149. The van der Waals surface area contributed by atoms with Crippen LogP contribution in [0.2, 0.25) is 0 Å². The fraction of sp³-hybridized carbons (Fsp3) is 0.143. The average Bonchev–Trinajstić information content (AvgIpc) is 2.73. The van der Waals surface area contributed by atoms with Crippen molar-refractivity contribution < 1.29 is 4.79 Å². The van der Waals surface area contributed by atoms with Crippen LogP contribution in [0.5, 0.6) is 0 Å². The van der Waals surface area contributed by atoms with Crippen LogP contribution in [0.25, 0.3) is 0 Å². The molecule has 2 aromatic rings. The number of nitriles is 1. The maximum Gasteiger partial charge on any atom is 0.194 e. The molecule has 0 amide bonds. The largest absolute Gasteiger partial charge is 0.291 e. The number of ketones is 1. The standard InChI is InChI=1S/C14H9Br2NOS/c1-8-6-12(19-14(8)16)13(18)11(7-17)9-2-4-10(15)5-3-9/h2-6,11H,1H3. The zero-order chi connectivity index (χ0) is 14.0. The van der Waals surface area contributed by atoms with Crippen molar-refractivity contribution in [3.05, 3.63) is 54.6 Å². The molecule has 2 rings (SSSR count). The second-order valence-corrected chi connectivity index (χ2v) is 7.33. The quantitative estimate of drug-likeness (QED) is 0.677. The third-order valence-electron chi connectivity index (χ3n) is 2.69. The third-order valence-corrected chi connectivity index (χ3v) is 5.37. The molecule has 5 heteroatoms. The Bertz CT molecular complexity index is 636. The minimum Gasteiger partial charge on any atom is -0.291 e. The van der Waals surface area contributed by atoms with Crippen LogP contribution in [0, 0.1) is 18.3 Å². The fourth-order valence-corrected chi connectivity index (χ4v) is 3.43. The van der Waals surface area contributed by atoms with E-state index in [0.29, 0.717) is 4.88 Å². The van der Waals surface area contributed by atoms with E-state index in [1.165, 1.54) is 11.3 Å². The van der Waals surface area contributed by atoms with Gasteiger partial charge in [-0.2, -0.15) is 5.26 Å². The molecule has 0 aliphatic heterocycles. The van der Waals surface area contributed by atoms with E-state index >= 15 is 0 Å². The van der Waals surface area contributed by atoms with Gasteiger partial charge in [-0.3, -0.25) is 4.79 Å². The first-order valence-corrected chi connectivity index (χ1v) is 7.88. The van der Waals surface area contributed by atoms with Gasteiger partial charge in [-0.05, 0) is 52.2 Å². The van der Waals surface area contributed by atoms with Crippen LogP contribution in [0.1, 0.15) is 26.7 Å². The number of aryl methyl sites for hydroxylation is 1. The molecule has 1 atom stereocenters. The Labute approximate surface area is 132 Å². The van der Waals surface area contributed by atoms with Crippen LogP contribution in [-0.4, -0.2) is 5.78 Å². The topological polar surface area (TPSA) is 40.9 Å². The summed E-state index contributed by atoms with van der Waals surface area (Å²) in [5.74, 6) is -0.901. The molecule has 0 aliphatic rings. The lowest BCUT2D eigenvalue weighted by Crippen LogP contribution is -2.09. The number of halogens is 2. The van der Waals surface area contributed by atoms with Gasteiger partial charge in [0.15, 0.2) is 5.78 Å². The Morgan fingerprint density at radius 1 is 1.32 bits per heavy atom. The highest BCUT2D eigenvalue weighted by Crippen LogP contribution is 2.31. The summed E-state index contributed by atoms with van der Waals surface area (Å²) in [6.07, 6.45) is 0. The summed E-state index contributed by atoms with van der Waals surface area (Å²) in [6.45, 7) is 1.93. The number of benzene rings is 1. The summed E-state index contributed by atoms with van der Waals surface area (Å²) in [4.78, 5) is 13.0. The van der Waals surface area contributed by atoms with Crippen LogP contribution in [0.3, 0.4) is 0 Å². The molecule has 0 aliphatic carbocycles. The number of Topliss-reactive ketones (excluding diaryl/α,β-unsaturated/α-hetero) is 1. The van der Waals surface area contributed by atoms with Crippen LogP contribution >= 0.6 is 43.2 Å². The number of thiophene rings is 1. The molecule has 0 saturated carbocycles. The molecule has 1 unspecified atom stereocenters. The van der Waals surface area contributed by atoms with Crippen molar-refractivity contribution >= 4 is 49.0 Å². The molecule has 0 fully saturated rings. The van der Waals surface area contributed by atoms with E-state index in [-0.39, 0.29) is 5.78 Å². The van der Waals surface area contributed by atoms with Gasteiger partial charge < -0.3 is 0 Å². The van der Waals surface area contributed by atoms with Crippen molar-refractivity contribution in [2.75, 3.05) is 0 Å². The molecule has 0 bridgehead atoms. The zero-order valence-corrected chi connectivity index (χ0v) is 14.0. The Balaban J connectivity index is 2.35. The fourth-order valence-electron chi connectivity index (χ4n) is 1.66. The number of carbonyl (C=O) groups excluding carboxylic acids is 1. The van der Waals surface area contributed by atoms with Gasteiger partial charge in [0, 0.05) is 4.47 Å². The third kappa shape index (κ3) is 3.14.